The molecule has 108 valence electrons. The van der Waals surface area contributed by atoms with Gasteiger partial charge in [0.25, 0.3) is 0 Å². The summed E-state index contributed by atoms with van der Waals surface area (Å²) in [7, 11) is 0. The number of fused-ring (bicyclic) bond motifs is 1. The van der Waals surface area contributed by atoms with Gasteiger partial charge in [-0.3, -0.25) is 0 Å². The van der Waals surface area contributed by atoms with Crippen LogP contribution in [0, 0.1) is 5.82 Å². The highest BCUT2D eigenvalue weighted by Crippen LogP contribution is 2.38. The maximum absolute atomic E-state index is 13.4. The van der Waals surface area contributed by atoms with Crippen LogP contribution >= 0.6 is 11.6 Å². The van der Waals surface area contributed by atoms with Crippen LogP contribution in [0.3, 0.4) is 0 Å². The maximum atomic E-state index is 13.4. The van der Waals surface area contributed by atoms with E-state index in [9.17, 15) is 4.39 Å². The molecule has 0 amide bonds. The second-order valence-corrected chi connectivity index (χ2v) is 5.74. The highest BCUT2D eigenvalue weighted by Gasteiger charge is 2.18. The third-order valence-corrected chi connectivity index (χ3v) is 3.84. The zero-order valence-electron chi connectivity index (χ0n) is 11.7. The van der Waals surface area contributed by atoms with E-state index in [1.165, 1.54) is 6.07 Å². The lowest BCUT2D eigenvalue weighted by Gasteiger charge is -2.17. The Hall–Kier alpha value is -2.00. The first-order chi connectivity index (χ1) is 10.0. The molecule has 1 unspecified atom stereocenters. The molecule has 0 radical (unpaired) electrons. The molecular formula is C17H16ClFN2. The van der Waals surface area contributed by atoms with E-state index in [1.807, 2.05) is 18.2 Å². The molecule has 2 nitrogen and oxygen atoms in total. The highest BCUT2D eigenvalue weighted by molar-refractivity contribution is 6.31. The number of para-hydroxylation sites is 1. The van der Waals surface area contributed by atoms with Gasteiger partial charge in [-0.1, -0.05) is 36.4 Å². The van der Waals surface area contributed by atoms with E-state index < -0.39 is 5.82 Å². The molecule has 0 bridgehead atoms. The van der Waals surface area contributed by atoms with Crippen LogP contribution in [0.15, 0.2) is 48.7 Å². The van der Waals surface area contributed by atoms with Gasteiger partial charge < -0.3 is 10.6 Å². The number of nitrogens with one attached hydrogen (secondary N) is 2. The Bertz CT molecular complexity index is 712. The predicted molar refractivity (Wildman–Crippen MR) is 87.3 cm³/mol. The number of benzene rings is 2. The topological polar surface area (TPSA) is 24.1 Å². The second-order valence-electron chi connectivity index (χ2n) is 5.34. The third kappa shape index (κ3) is 2.74. The van der Waals surface area contributed by atoms with Crippen molar-refractivity contribution in [3.8, 4) is 11.1 Å². The van der Waals surface area contributed by atoms with E-state index in [2.05, 4.69) is 24.1 Å². The van der Waals surface area contributed by atoms with Crippen LogP contribution in [0.1, 0.15) is 13.3 Å². The summed E-state index contributed by atoms with van der Waals surface area (Å²) in [6.45, 7) is 6.14. The molecule has 0 aromatic heterocycles. The lowest BCUT2D eigenvalue weighted by molar-refractivity contribution is 0.628. The van der Waals surface area contributed by atoms with Crippen LogP contribution in [0.25, 0.3) is 11.1 Å². The summed E-state index contributed by atoms with van der Waals surface area (Å²) in [4.78, 5) is 0. The molecule has 2 aromatic rings. The predicted octanol–water partition coefficient (Wildman–Crippen LogP) is 5.28. The first-order valence-electron chi connectivity index (χ1n) is 6.84. The van der Waals surface area contributed by atoms with Crippen molar-refractivity contribution < 1.29 is 4.39 Å². The van der Waals surface area contributed by atoms with Crippen LogP contribution in [-0.4, -0.2) is 6.04 Å². The van der Waals surface area contributed by atoms with Crippen LogP contribution < -0.4 is 10.6 Å². The average Bonchev–Trinajstić information content (AvgIpc) is 2.58. The molecule has 21 heavy (non-hydrogen) atoms. The summed E-state index contributed by atoms with van der Waals surface area (Å²) in [5.74, 6) is -0.407. The fourth-order valence-electron chi connectivity index (χ4n) is 2.62. The minimum absolute atomic E-state index is 0.129. The molecule has 2 aromatic carbocycles. The Morgan fingerprint density at radius 2 is 2.10 bits per heavy atom. The monoisotopic (exact) mass is 302 g/mol. The molecule has 1 heterocycles. The van der Waals surface area contributed by atoms with Crippen molar-refractivity contribution in [2.45, 2.75) is 19.4 Å². The Labute approximate surface area is 128 Å². The van der Waals surface area contributed by atoms with Crippen molar-refractivity contribution in [1.29, 1.82) is 0 Å². The fraction of sp³-hybridized carbons (Fsp3) is 0.176. The van der Waals surface area contributed by atoms with Gasteiger partial charge in [0.15, 0.2) is 0 Å². The van der Waals surface area contributed by atoms with Gasteiger partial charge in [-0.05, 0) is 30.7 Å². The van der Waals surface area contributed by atoms with Crippen molar-refractivity contribution in [1.82, 2.24) is 0 Å². The molecule has 1 atom stereocenters. The first kappa shape index (κ1) is 14.0. The van der Waals surface area contributed by atoms with Gasteiger partial charge >= 0.3 is 0 Å². The number of hydrogen-bond donors (Lipinski definition) is 2. The Morgan fingerprint density at radius 3 is 2.86 bits per heavy atom. The van der Waals surface area contributed by atoms with E-state index in [0.29, 0.717) is 0 Å². The van der Waals surface area contributed by atoms with E-state index in [1.54, 1.807) is 12.1 Å². The molecule has 0 spiro atoms. The van der Waals surface area contributed by atoms with Crippen molar-refractivity contribution in [2.75, 3.05) is 10.6 Å². The lowest BCUT2D eigenvalue weighted by atomic mass is 10.0. The third-order valence-electron chi connectivity index (χ3n) is 3.55. The van der Waals surface area contributed by atoms with Crippen LogP contribution in [-0.2, 0) is 0 Å². The van der Waals surface area contributed by atoms with Gasteiger partial charge in [-0.2, -0.15) is 0 Å². The van der Waals surface area contributed by atoms with Gasteiger partial charge in [0.1, 0.15) is 5.82 Å². The minimum Gasteiger partial charge on any atom is -0.380 e. The van der Waals surface area contributed by atoms with Crippen molar-refractivity contribution in [2.24, 2.45) is 0 Å². The number of hydrogen-bond acceptors (Lipinski definition) is 2. The summed E-state index contributed by atoms with van der Waals surface area (Å²) in [6.07, 6.45) is 0.846. The van der Waals surface area contributed by atoms with E-state index in [-0.39, 0.29) is 11.1 Å². The smallest absolute Gasteiger partial charge is 0.141 e. The van der Waals surface area contributed by atoms with Crippen molar-refractivity contribution >= 4 is 23.0 Å². The quantitative estimate of drug-likeness (QED) is 0.749. The molecule has 3 rings (SSSR count). The zero-order valence-corrected chi connectivity index (χ0v) is 12.5. The van der Waals surface area contributed by atoms with Gasteiger partial charge in [-0.15, -0.1) is 0 Å². The molecule has 2 N–H and O–H groups in total. The van der Waals surface area contributed by atoms with Gasteiger partial charge in [-0.25, -0.2) is 4.39 Å². The molecule has 0 aliphatic carbocycles. The average molecular weight is 303 g/mol. The molecule has 0 saturated heterocycles. The maximum Gasteiger partial charge on any atom is 0.141 e. The lowest BCUT2D eigenvalue weighted by Crippen LogP contribution is -2.14. The van der Waals surface area contributed by atoms with Gasteiger partial charge in [0, 0.05) is 23.7 Å². The largest absolute Gasteiger partial charge is 0.380 e. The van der Waals surface area contributed by atoms with Crippen LogP contribution in [0.5, 0.6) is 0 Å². The molecule has 4 heteroatoms. The van der Waals surface area contributed by atoms with Gasteiger partial charge in [0.05, 0.1) is 16.4 Å². The van der Waals surface area contributed by atoms with E-state index in [4.69, 9.17) is 11.6 Å². The van der Waals surface area contributed by atoms with Crippen LogP contribution in [0.4, 0.5) is 15.8 Å². The normalized spacial score (nSPS) is 17.5. The molecule has 0 fully saturated rings. The first-order valence-corrected chi connectivity index (χ1v) is 7.22. The standard InChI is InChI=1S/C17H16ClFN2/c1-10-8-11(2)21-17-13(4-3-5-16(17)20-10)12-6-7-15(19)14(18)9-12/h3-7,9,11,20-21H,1,8H2,2H3. The molecule has 1 aliphatic heterocycles. The Kier molecular flexibility index (Phi) is 3.60. The SMILES string of the molecule is C=C1CC(C)Nc2c(cccc2-c2ccc(F)c(Cl)c2)N1. The number of anilines is 2. The van der Waals surface area contributed by atoms with E-state index in [0.717, 1.165) is 34.6 Å². The Morgan fingerprint density at radius 1 is 1.29 bits per heavy atom. The fourth-order valence-corrected chi connectivity index (χ4v) is 2.81. The summed E-state index contributed by atoms with van der Waals surface area (Å²) < 4.78 is 13.4. The summed E-state index contributed by atoms with van der Waals surface area (Å²) >= 11 is 5.91. The Balaban J connectivity index is 2.14. The van der Waals surface area contributed by atoms with Gasteiger partial charge in [0.2, 0.25) is 0 Å². The van der Waals surface area contributed by atoms with Crippen molar-refractivity contribution in [3.63, 3.8) is 0 Å². The second kappa shape index (κ2) is 5.41. The summed E-state index contributed by atoms with van der Waals surface area (Å²) in [5.41, 5.74) is 4.81. The summed E-state index contributed by atoms with van der Waals surface area (Å²) in [6, 6.07) is 11.0. The molecular weight excluding hydrogens is 287 g/mol. The highest BCUT2D eigenvalue weighted by atomic mass is 35.5. The zero-order chi connectivity index (χ0) is 15.0. The molecule has 0 saturated carbocycles. The van der Waals surface area contributed by atoms with E-state index >= 15 is 0 Å². The molecule has 1 aliphatic rings. The van der Waals surface area contributed by atoms with Crippen LogP contribution in [0.2, 0.25) is 5.02 Å². The minimum atomic E-state index is -0.407. The number of rotatable bonds is 1. The number of halogens is 2. The summed E-state index contributed by atoms with van der Waals surface area (Å²) in [5, 5.41) is 6.95. The van der Waals surface area contributed by atoms with Crippen molar-refractivity contribution in [3.05, 3.63) is 59.5 Å².